The van der Waals surface area contributed by atoms with Gasteiger partial charge in [-0.05, 0) is 60.7 Å². The Labute approximate surface area is 138 Å². The molecule has 0 aliphatic heterocycles. The summed E-state index contributed by atoms with van der Waals surface area (Å²) in [6.45, 7) is 0.654. The Balaban J connectivity index is 1.71. The summed E-state index contributed by atoms with van der Waals surface area (Å²) < 4.78 is 10.9. The fourth-order valence-electron chi connectivity index (χ4n) is 1.81. The lowest BCUT2D eigenvalue weighted by molar-refractivity contribution is 0.0686. The lowest BCUT2D eigenvalue weighted by Gasteiger charge is -2.04. The van der Waals surface area contributed by atoms with E-state index in [2.05, 4.69) is 0 Å². The lowest BCUT2D eigenvalue weighted by Crippen LogP contribution is -1.99. The summed E-state index contributed by atoms with van der Waals surface area (Å²) in [5, 5.41) is 17.6. The van der Waals surface area contributed by atoms with Crippen molar-refractivity contribution in [2.45, 2.75) is 0 Å². The number of benzene rings is 2. The van der Waals surface area contributed by atoms with Crippen LogP contribution in [0.3, 0.4) is 0 Å². The minimum Gasteiger partial charge on any atom is -0.490 e. The average Bonchev–Trinajstić information content (AvgIpc) is 2.58. The Bertz CT molecular complexity index is 653. The van der Waals surface area contributed by atoms with Gasteiger partial charge in [0.15, 0.2) is 0 Å². The van der Waals surface area contributed by atoms with Crippen LogP contribution in [0.25, 0.3) is 0 Å². The van der Waals surface area contributed by atoms with Gasteiger partial charge in [0.05, 0.1) is 11.1 Å². The Morgan fingerprint density at radius 1 is 0.708 bits per heavy atom. The number of carbonyl (C=O) groups is 2. The minimum absolute atomic E-state index is 0.209. The summed E-state index contributed by atoms with van der Waals surface area (Å²) in [5.74, 6) is -0.797. The Morgan fingerprint density at radius 3 is 1.33 bits per heavy atom. The Kier molecular flexibility index (Phi) is 5.96. The molecule has 2 aromatic carbocycles. The molecular formula is C18H16O6. The highest BCUT2D eigenvalue weighted by atomic mass is 16.5. The van der Waals surface area contributed by atoms with E-state index in [9.17, 15) is 9.59 Å². The fourth-order valence-corrected chi connectivity index (χ4v) is 1.81. The number of ether oxygens (including phenoxy) is 2. The standard InChI is InChI=1S/C18H16O6/c19-17(20)13-3-7-15(8-4-13)23-11-1-2-12-24-16-9-5-14(6-10-16)18(21)22/h1-10H,11-12H2,(H,19,20)(H,21,22)/b2-1+. The van der Waals surface area contributed by atoms with Gasteiger partial charge in [0, 0.05) is 0 Å². The largest absolute Gasteiger partial charge is 0.490 e. The highest BCUT2D eigenvalue weighted by Gasteiger charge is 2.02. The number of carboxylic acid groups (broad SMARTS) is 2. The smallest absolute Gasteiger partial charge is 0.335 e. The van der Waals surface area contributed by atoms with Crippen LogP contribution in [0.2, 0.25) is 0 Å². The van der Waals surface area contributed by atoms with Gasteiger partial charge >= 0.3 is 11.9 Å². The van der Waals surface area contributed by atoms with Gasteiger partial charge in [-0.25, -0.2) is 9.59 Å². The summed E-state index contributed by atoms with van der Waals surface area (Å²) in [4.78, 5) is 21.4. The third kappa shape index (κ3) is 5.17. The molecule has 0 fully saturated rings. The van der Waals surface area contributed by atoms with Crippen LogP contribution >= 0.6 is 0 Å². The van der Waals surface area contributed by atoms with E-state index >= 15 is 0 Å². The summed E-state index contributed by atoms with van der Waals surface area (Å²) >= 11 is 0. The van der Waals surface area contributed by atoms with E-state index in [1.165, 1.54) is 24.3 Å². The molecule has 2 aromatic rings. The van der Waals surface area contributed by atoms with Crippen molar-refractivity contribution in [3.05, 3.63) is 71.8 Å². The maximum Gasteiger partial charge on any atom is 0.335 e. The quantitative estimate of drug-likeness (QED) is 0.723. The predicted octanol–water partition coefficient (Wildman–Crippen LogP) is 3.10. The second-order valence-corrected chi connectivity index (χ2v) is 4.75. The maximum atomic E-state index is 10.7. The van der Waals surface area contributed by atoms with E-state index in [0.717, 1.165) is 0 Å². The van der Waals surface area contributed by atoms with Crippen LogP contribution in [0.15, 0.2) is 60.7 Å². The fraction of sp³-hybridized carbons (Fsp3) is 0.111. The molecule has 6 heteroatoms. The van der Waals surface area contributed by atoms with E-state index in [1.807, 2.05) is 0 Å². The minimum atomic E-state index is -0.977. The summed E-state index contributed by atoms with van der Waals surface area (Å²) in [6.07, 6.45) is 3.55. The highest BCUT2D eigenvalue weighted by Crippen LogP contribution is 2.13. The van der Waals surface area contributed by atoms with Crippen LogP contribution in [0.5, 0.6) is 11.5 Å². The molecule has 24 heavy (non-hydrogen) atoms. The first-order chi connectivity index (χ1) is 11.6. The molecule has 6 nitrogen and oxygen atoms in total. The van der Waals surface area contributed by atoms with Crippen molar-refractivity contribution in [2.24, 2.45) is 0 Å². The third-order valence-corrected chi connectivity index (χ3v) is 3.06. The van der Waals surface area contributed by atoms with Gasteiger partial charge in [0.25, 0.3) is 0 Å². The molecule has 0 radical (unpaired) electrons. The SMILES string of the molecule is O=C(O)c1ccc(OC/C=C/COc2ccc(C(=O)O)cc2)cc1. The zero-order valence-corrected chi connectivity index (χ0v) is 12.7. The van der Waals surface area contributed by atoms with Gasteiger partial charge in [-0.2, -0.15) is 0 Å². The summed E-state index contributed by atoms with van der Waals surface area (Å²) in [5.41, 5.74) is 0.417. The van der Waals surface area contributed by atoms with E-state index in [0.29, 0.717) is 24.7 Å². The van der Waals surface area contributed by atoms with Crippen LogP contribution in [0.1, 0.15) is 20.7 Å². The van der Waals surface area contributed by atoms with Crippen molar-refractivity contribution in [1.29, 1.82) is 0 Å². The lowest BCUT2D eigenvalue weighted by atomic mass is 10.2. The van der Waals surface area contributed by atoms with Crippen molar-refractivity contribution in [3.8, 4) is 11.5 Å². The Hall–Kier alpha value is -3.28. The number of carboxylic acids is 2. The zero-order valence-electron chi connectivity index (χ0n) is 12.7. The molecule has 0 aliphatic rings. The van der Waals surface area contributed by atoms with Crippen LogP contribution in [-0.4, -0.2) is 35.4 Å². The molecule has 0 spiro atoms. The van der Waals surface area contributed by atoms with Crippen molar-refractivity contribution >= 4 is 11.9 Å². The van der Waals surface area contributed by atoms with Crippen LogP contribution < -0.4 is 9.47 Å². The number of hydrogen-bond acceptors (Lipinski definition) is 4. The first kappa shape index (κ1) is 17.1. The topological polar surface area (TPSA) is 93.1 Å². The molecule has 0 bridgehead atoms. The van der Waals surface area contributed by atoms with Gasteiger partial charge in [0.1, 0.15) is 24.7 Å². The maximum absolute atomic E-state index is 10.7. The molecule has 2 N–H and O–H groups in total. The summed E-state index contributed by atoms with van der Waals surface area (Å²) in [7, 11) is 0. The molecule has 0 unspecified atom stereocenters. The molecule has 0 aliphatic carbocycles. The molecule has 0 saturated heterocycles. The average molecular weight is 328 g/mol. The first-order valence-electron chi connectivity index (χ1n) is 7.13. The molecule has 0 atom stereocenters. The number of aromatic carboxylic acids is 2. The molecule has 0 heterocycles. The van der Waals surface area contributed by atoms with Crippen molar-refractivity contribution in [3.63, 3.8) is 0 Å². The second-order valence-electron chi connectivity index (χ2n) is 4.75. The number of rotatable bonds is 8. The van der Waals surface area contributed by atoms with Gasteiger partial charge in [-0.3, -0.25) is 0 Å². The van der Waals surface area contributed by atoms with Crippen molar-refractivity contribution in [2.75, 3.05) is 13.2 Å². The normalized spacial score (nSPS) is 10.5. The van der Waals surface area contributed by atoms with E-state index in [4.69, 9.17) is 19.7 Å². The van der Waals surface area contributed by atoms with E-state index in [1.54, 1.807) is 36.4 Å². The van der Waals surface area contributed by atoms with Gasteiger partial charge in [0.2, 0.25) is 0 Å². The van der Waals surface area contributed by atoms with Crippen LogP contribution in [0, 0.1) is 0 Å². The molecule has 2 rings (SSSR count). The molecule has 0 saturated carbocycles. The zero-order chi connectivity index (χ0) is 17.4. The van der Waals surface area contributed by atoms with Gasteiger partial charge in [-0.15, -0.1) is 0 Å². The second kappa shape index (κ2) is 8.38. The molecule has 0 amide bonds. The van der Waals surface area contributed by atoms with E-state index in [-0.39, 0.29) is 11.1 Å². The first-order valence-corrected chi connectivity index (χ1v) is 7.13. The third-order valence-electron chi connectivity index (χ3n) is 3.06. The van der Waals surface area contributed by atoms with Crippen LogP contribution in [0.4, 0.5) is 0 Å². The monoisotopic (exact) mass is 328 g/mol. The Morgan fingerprint density at radius 2 is 1.04 bits per heavy atom. The molecular weight excluding hydrogens is 312 g/mol. The van der Waals surface area contributed by atoms with Crippen molar-refractivity contribution < 1.29 is 29.3 Å². The molecule has 124 valence electrons. The van der Waals surface area contributed by atoms with Crippen LogP contribution in [-0.2, 0) is 0 Å². The predicted molar refractivity (Wildman–Crippen MR) is 86.9 cm³/mol. The number of hydrogen-bond donors (Lipinski definition) is 2. The highest BCUT2D eigenvalue weighted by molar-refractivity contribution is 5.88. The van der Waals surface area contributed by atoms with E-state index < -0.39 is 11.9 Å². The summed E-state index contributed by atoms with van der Waals surface area (Å²) in [6, 6.07) is 12.3. The van der Waals surface area contributed by atoms with Crippen molar-refractivity contribution in [1.82, 2.24) is 0 Å². The van der Waals surface area contributed by atoms with Gasteiger partial charge in [-0.1, -0.05) is 0 Å². The van der Waals surface area contributed by atoms with Gasteiger partial charge < -0.3 is 19.7 Å². The molecule has 0 aromatic heterocycles.